The van der Waals surface area contributed by atoms with Gasteiger partial charge in [0.2, 0.25) is 5.91 Å². The number of carbonyl (C=O) groups is 1. The molecule has 2 unspecified atom stereocenters. The number of amides is 2. The van der Waals surface area contributed by atoms with E-state index in [1.807, 2.05) is 30.3 Å². The molecule has 6 nitrogen and oxygen atoms in total. The van der Waals surface area contributed by atoms with E-state index in [2.05, 4.69) is 45.9 Å². The smallest absolute Gasteiger partial charge is 0.242 e. The van der Waals surface area contributed by atoms with Crippen LogP contribution in [0.3, 0.4) is 0 Å². The van der Waals surface area contributed by atoms with Crippen LogP contribution >= 0.6 is 0 Å². The van der Waals surface area contributed by atoms with E-state index in [0.29, 0.717) is 0 Å². The topological polar surface area (TPSA) is 94.2 Å². The van der Waals surface area contributed by atoms with Gasteiger partial charge in [-0.25, -0.2) is 0 Å². The molecule has 2 heterocycles. The molecule has 131 valence electrons. The second kappa shape index (κ2) is 9.62. The Bertz CT molecular complexity index is 834. The third kappa shape index (κ3) is 4.78. The maximum Gasteiger partial charge on any atom is 0.242 e. The van der Waals surface area contributed by atoms with Crippen LogP contribution in [0.5, 0.6) is 0 Å². The average Bonchev–Trinajstić information content (AvgIpc) is 3.22. The summed E-state index contributed by atoms with van der Waals surface area (Å²) in [5, 5.41) is 14.6. The number of carbonyl (C=O) groups excluding carboxylic acids is 2. The van der Waals surface area contributed by atoms with Crippen LogP contribution in [0.15, 0.2) is 54.6 Å². The van der Waals surface area contributed by atoms with Gasteiger partial charge in [0.05, 0.1) is 6.10 Å². The van der Waals surface area contributed by atoms with Gasteiger partial charge < -0.3 is 25.5 Å². The fraction of sp³-hybridized carbons (Fsp3) is 0.158. The molecule has 0 aliphatic carbocycles. The molecule has 4 N–H and O–H groups in total. The third-order valence-electron chi connectivity index (χ3n) is 3.88. The van der Waals surface area contributed by atoms with Crippen LogP contribution in [0, 0.1) is 6.07 Å². The maximum absolute atomic E-state index is 10.7. The Hall–Kier alpha value is -2.02. The molecule has 2 aromatic carbocycles. The van der Waals surface area contributed by atoms with Crippen molar-refractivity contribution in [1.29, 1.82) is 0 Å². The quantitative estimate of drug-likeness (QED) is 0.375. The van der Waals surface area contributed by atoms with Crippen LogP contribution < -0.4 is 10.6 Å². The second-order valence-corrected chi connectivity index (χ2v) is 5.57. The summed E-state index contributed by atoms with van der Waals surface area (Å²) in [7, 11) is 0. The van der Waals surface area contributed by atoms with Gasteiger partial charge in [-0.2, -0.15) is 6.41 Å². The standard InChI is InChI=1S/C14H10N.C5H7N2O3.Y/c1-2-6-11(7-3-1)14-10-12-8-4-5-9-13(12)15-14;8-2-7-4-3(9)1-6-5(4)10;/h1-9,15H;3-4,9H,1H2,(H,6,10)(H,7,8);/q2*-1;. The van der Waals surface area contributed by atoms with Gasteiger partial charge in [-0.05, 0) is 11.2 Å². The number of nitrogens with one attached hydrogen (secondary N) is 3. The molecule has 26 heavy (non-hydrogen) atoms. The van der Waals surface area contributed by atoms with Crippen molar-refractivity contribution in [2.75, 3.05) is 6.54 Å². The van der Waals surface area contributed by atoms with Gasteiger partial charge in [-0.3, -0.25) is 4.79 Å². The first-order chi connectivity index (χ1) is 12.2. The number of aromatic nitrogens is 1. The molecule has 4 rings (SSSR count). The zero-order valence-corrected chi connectivity index (χ0v) is 16.7. The van der Waals surface area contributed by atoms with Crippen molar-refractivity contribution in [3.05, 3.63) is 60.7 Å². The van der Waals surface area contributed by atoms with Crippen molar-refractivity contribution in [3.63, 3.8) is 0 Å². The molecule has 1 aliphatic heterocycles. The monoisotopic (exact) mass is 424 g/mol. The molecule has 0 bridgehead atoms. The van der Waals surface area contributed by atoms with E-state index in [9.17, 15) is 9.59 Å². The van der Waals surface area contributed by atoms with Gasteiger partial charge >= 0.3 is 0 Å². The molecular formula is C19H17N3O3Y-2. The molecule has 7 heteroatoms. The summed E-state index contributed by atoms with van der Waals surface area (Å²) < 4.78 is 0. The first-order valence-corrected chi connectivity index (χ1v) is 7.83. The Balaban J connectivity index is 0.000000195. The molecule has 1 saturated heterocycles. The minimum atomic E-state index is -0.825. The molecule has 0 saturated carbocycles. The number of β-amino-alcohol motifs (C(OH)–C–C–N with tert-alkyl or cyclic N) is 1. The minimum absolute atomic E-state index is 0. The van der Waals surface area contributed by atoms with E-state index in [0.717, 1.165) is 16.6 Å². The van der Waals surface area contributed by atoms with Gasteiger partial charge in [-0.15, -0.1) is 23.6 Å². The number of hydrogen-bond donors (Lipinski definition) is 4. The summed E-state index contributed by atoms with van der Waals surface area (Å²) in [6.07, 6.45) is 0.525. The first-order valence-electron chi connectivity index (χ1n) is 7.83. The van der Waals surface area contributed by atoms with Crippen LogP contribution in [0.25, 0.3) is 22.2 Å². The first kappa shape index (κ1) is 20.3. The number of fused-ring (bicyclic) bond motifs is 1. The number of H-pyrrole nitrogens is 1. The van der Waals surface area contributed by atoms with Crippen molar-refractivity contribution >= 4 is 23.2 Å². The number of rotatable bonds is 3. The van der Waals surface area contributed by atoms with Gasteiger partial charge in [-0.1, -0.05) is 48.0 Å². The zero-order valence-electron chi connectivity index (χ0n) is 13.9. The molecule has 1 aliphatic rings. The SMILES string of the molecule is O=[C-]NC1C(=O)NCC1O.[Y].[c-]1c(-c2ccccc2)[nH]c2ccccc12. The number of aromatic amines is 1. The summed E-state index contributed by atoms with van der Waals surface area (Å²) >= 11 is 0. The third-order valence-corrected chi connectivity index (χ3v) is 3.88. The van der Waals surface area contributed by atoms with Crippen LogP contribution in [0.2, 0.25) is 0 Å². The fourth-order valence-corrected chi connectivity index (χ4v) is 2.58. The maximum atomic E-state index is 10.7. The van der Waals surface area contributed by atoms with Crippen LogP contribution in [-0.2, 0) is 42.3 Å². The number of benzene rings is 2. The Morgan fingerprint density at radius 3 is 2.42 bits per heavy atom. The van der Waals surface area contributed by atoms with Crippen LogP contribution in [-0.4, -0.2) is 41.1 Å². The number of hydrogen-bond acceptors (Lipinski definition) is 3. The molecule has 1 aromatic heterocycles. The van der Waals surface area contributed by atoms with Crippen molar-refractivity contribution in [1.82, 2.24) is 15.6 Å². The van der Waals surface area contributed by atoms with Gasteiger partial charge in [0.1, 0.15) is 6.04 Å². The Morgan fingerprint density at radius 1 is 1.12 bits per heavy atom. The Labute approximate surface area is 176 Å². The van der Waals surface area contributed by atoms with E-state index in [1.54, 1.807) is 0 Å². The van der Waals surface area contributed by atoms with Gasteiger partial charge in [0, 0.05) is 39.3 Å². The molecule has 2 atom stereocenters. The van der Waals surface area contributed by atoms with Gasteiger partial charge in [0.25, 0.3) is 0 Å². The van der Waals surface area contributed by atoms with Crippen molar-refractivity contribution in [2.24, 2.45) is 0 Å². The number of aliphatic hydroxyl groups excluding tert-OH is 1. The number of aliphatic hydroxyl groups is 1. The van der Waals surface area contributed by atoms with Crippen LogP contribution in [0.1, 0.15) is 0 Å². The van der Waals surface area contributed by atoms with E-state index >= 15 is 0 Å². The van der Waals surface area contributed by atoms with E-state index in [1.165, 1.54) is 12.0 Å². The largest absolute Gasteiger partial charge is 0.520 e. The normalized spacial score (nSPS) is 18.3. The van der Waals surface area contributed by atoms with E-state index in [-0.39, 0.29) is 45.2 Å². The van der Waals surface area contributed by atoms with E-state index < -0.39 is 12.1 Å². The average molecular weight is 424 g/mol. The molecule has 3 aromatic rings. The van der Waals surface area contributed by atoms with Crippen molar-refractivity contribution in [2.45, 2.75) is 12.1 Å². The van der Waals surface area contributed by atoms with Gasteiger partial charge in [0.15, 0.2) is 0 Å². The molecular weight excluding hydrogens is 407 g/mol. The zero-order chi connectivity index (χ0) is 17.6. The van der Waals surface area contributed by atoms with Crippen LogP contribution in [0.4, 0.5) is 0 Å². The second-order valence-electron chi connectivity index (χ2n) is 5.57. The molecule has 2 amide bonds. The number of para-hydroxylation sites is 1. The van der Waals surface area contributed by atoms with Crippen molar-refractivity contribution < 1.29 is 47.4 Å². The molecule has 1 fully saturated rings. The van der Waals surface area contributed by atoms with Crippen molar-refractivity contribution in [3.8, 4) is 11.3 Å². The van der Waals surface area contributed by atoms with E-state index in [4.69, 9.17) is 5.11 Å². The molecule has 1 radical (unpaired) electrons. The predicted octanol–water partition coefficient (Wildman–Crippen LogP) is 1.14. The Kier molecular flexibility index (Phi) is 7.51. The fourth-order valence-electron chi connectivity index (χ4n) is 2.58. The summed E-state index contributed by atoms with van der Waals surface area (Å²) in [6.45, 7) is 0.193. The predicted molar refractivity (Wildman–Crippen MR) is 94.2 cm³/mol. The summed E-state index contributed by atoms with van der Waals surface area (Å²) in [6, 6.07) is 21.0. The molecule has 0 spiro atoms. The summed E-state index contributed by atoms with van der Waals surface area (Å²) in [5.74, 6) is -0.365. The Morgan fingerprint density at radius 2 is 1.81 bits per heavy atom. The minimum Gasteiger partial charge on any atom is -0.520 e. The summed E-state index contributed by atoms with van der Waals surface area (Å²) in [4.78, 5) is 23.7. The summed E-state index contributed by atoms with van der Waals surface area (Å²) in [5.41, 5.74) is 3.36.